The molecule has 1 aliphatic carbocycles. The van der Waals surface area contributed by atoms with E-state index in [1.165, 1.54) is 4.68 Å². The van der Waals surface area contributed by atoms with Crippen LogP contribution in [0.25, 0.3) is 0 Å². The van der Waals surface area contributed by atoms with Gasteiger partial charge in [-0.15, -0.1) is 0 Å². The van der Waals surface area contributed by atoms with Crippen LogP contribution in [0.15, 0.2) is 4.79 Å². The molecule has 0 atom stereocenters. The Kier molecular flexibility index (Phi) is 3.08. The van der Waals surface area contributed by atoms with Crippen molar-refractivity contribution >= 4 is 5.91 Å². The van der Waals surface area contributed by atoms with Crippen LogP contribution in [0.3, 0.4) is 0 Å². The van der Waals surface area contributed by atoms with Crippen molar-refractivity contribution in [3.63, 3.8) is 0 Å². The molecule has 1 N–H and O–H groups in total. The van der Waals surface area contributed by atoms with Gasteiger partial charge in [-0.2, -0.15) is 10.4 Å². The van der Waals surface area contributed by atoms with Crippen molar-refractivity contribution in [1.82, 2.24) is 19.7 Å². The molecule has 0 saturated heterocycles. The highest BCUT2D eigenvalue weighted by Crippen LogP contribution is 2.34. The number of hydrogen-bond acceptors (Lipinski definition) is 4. The first kappa shape index (κ1) is 12.9. The van der Waals surface area contributed by atoms with Gasteiger partial charge in [0.25, 0.3) is 0 Å². The number of rotatable bonds is 3. The van der Waals surface area contributed by atoms with E-state index < -0.39 is 5.54 Å². The number of hydrogen-bond donors (Lipinski definition) is 1. The van der Waals surface area contributed by atoms with Gasteiger partial charge in [0.2, 0.25) is 5.91 Å². The van der Waals surface area contributed by atoms with Gasteiger partial charge in [0.1, 0.15) is 17.9 Å². The Hall–Kier alpha value is -2.10. The molecule has 1 saturated carbocycles. The number of nitriles is 1. The summed E-state index contributed by atoms with van der Waals surface area (Å²) in [6, 6.07) is 2.10. The molecule has 0 aromatic carbocycles. The lowest BCUT2D eigenvalue weighted by atomic mass is 10.2. The molecule has 1 aromatic rings. The van der Waals surface area contributed by atoms with Crippen LogP contribution in [0.1, 0.15) is 37.9 Å². The lowest BCUT2D eigenvalue weighted by molar-refractivity contribution is -0.122. The summed E-state index contributed by atoms with van der Waals surface area (Å²) >= 11 is 0. The van der Waals surface area contributed by atoms with Crippen LogP contribution < -0.4 is 11.0 Å². The third-order valence-electron chi connectivity index (χ3n) is 3.92. The second-order valence-electron chi connectivity index (χ2n) is 5.56. The summed E-state index contributed by atoms with van der Waals surface area (Å²) in [6.45, 7) is 0.570. The van der Waals surface area contributed by atoms with Crippen LogP contribution in [0, 0.1) is 11.3 Å². The number of fused-ring (bicyclic) bond motifs is 1. The molecule has 1 aromatic heterocycles. The number of carbonyl (C=O) groups excluding carboxylic acids is 1. The molecule has 0 unspecified atom stereocenters. The van der Waals surface area contributed by atoms with Gasteiger partial charge < -0.3 is 5.32 Å². The summed E-state index contributed by atoms with van der Waals surface area (Å²) in [7, 11) is 0. The minimum atomic E-state index is -0.697. The zero-order valence-corrected chi connectivity index (χ0v) is 11.3. The topological polar surface area (TPSA) is 92.7 Å². The molecule has 20 heavy (non-hydrogen) atoms. The predicted octanol–water partition coefficient (Wildman–Crippen LogP) is -0.0564. The number of nitrogens with zero attached hydrogens (tertiary/aromatic N) is 4. The maximum Gasteiger partial charge on any atom is 0.346 e. The highest BCUT2D eigenvalue weighted by atomic mass is 16.2. The van der Waals surface area contributed by atoms with Crippen molar-refractivity contribution in [3.8, 4) is 6.07 Å². The summed E-state index contributed by atoms with van der Waals surface area (Å²) in [5, 5.41) is 15.9. The van der Waals surface area contributed by atoms with E-state index in [1.807, 2.05) is 0 Å². The van der Waals surface area contributed by atoms with Gasteiger partial charge in [0.05, 0.1) is 6.07 Å². The molecule has 2 aliphatic rings. The van der Waals surface area contributed by atoms with Crippen LogP contribution in [0.4, 0.5) is 0 Å². The highest BCUT2D eigenvalue weighted by molar-refractivity contribution is 5.77. The average molecular weight is 275 g/mol. The molecule has 1 fully saturated rings. The molecule has 0 bridgehead atoms. The first-order valence-corrected chi connectivity index (χ1v) is 7.02. The van der Waals surface area contributed by atoms with E-state index in [0.717, 1.165) is 31.5 Å². The van der Waals surface area contributed by atoms with E-state index in [4.69, 9.17) is 5.26 Å². The Bertz CT molecular complexity index is 632. The van der Waals surface area contributed by atoms with Crippen LogP contribution in [0.2, 0.25) is 0 Å². The fourth-order valence-electron chi connectivity index (χ4n) is 2.56. The molecule has 106 valence electrons. The SMILES string of the molecule is N#CC1(NC(=O)Cn2nc3n(c2=O)CCCCC3)CC1. The average Bonchev–Trinajstić information content (AvgIpc) is 3.17. The molecule has 2 heterocycles. The van der Waals surface area contributed by atoms with Crippen molar-refractivity contribution in [1.29, 1.82) is 5.26 Å². The van der Waals surface area contributed by atoms with Gasteiger partial charge in [0.15, 0.2) is 0 Å². The number of aromatic nitrogens is 3. The summed E-state index contributed by atoms with van der Waals surface area (Å²) < 4.78 is 2.88. The van der Waals surface area contributed by atoms with Crippen molar-refractivity contribution in [2.75, 3.05) is 0 Å². The van der Waals surface area contributed by atoms with Crippen LogP contribution in [-0.4, -0.2) is 25.8 Å². The summed E-state index contributed by atoms with van der Waals surface area (Å²) in [6.07, 6.45) is 5.26. The Morgan fingerprint density at radius 3 is 2.90 bits per heavy atom. The van der Waals surface area contributed by atoms with E-state index >= 15 is 0 Å². The van der Waals surface area contributed by atoms with Gasteiger partial charge in [-0.05, 0) is 25.7 Å². The second-order valence-corrected chi connectivity index (χ2v) is 5.56. The Morgan fingerprint density at radius 2 is 2.20 bits per heavy atom. The Morgan fingerprint density at radius 1 is 1.40 bits per heavy atom. The quantitative estimate of drug-likeness (QED) is 0.836. The van der Waals surface area contributed by atoms with Crippen LogP contribution in [-0.2, 0) is 24.3 Å². The molecule has 1 amide bonds. The number of amides is 1. The maximum atomic E-state index is 12.2. The van der Waals surface area contributed by atoms with Crippen LogP contribution in [0.5, 0.6) is 0 Å². The van der Waals surface area contributed by atoms with E-state index in [1.54, 1.807) is 4.57 Å². The van der Waals surface area contributed by atoms with E-state index in [0.29, 0.717) is 19.4 Å². The van der Waals surface area contributed by atoms with E-state index in [2.05, 4.69) is 16.5 Å². The zero-order chi connectivity index (χ0) is 14.2. The second kappa shape index (κ2) is 4.78. The molecule has 0 spiro atoms. The largest absolute Gasteiger partial charge is 0.346 e. The summed E-state index contributed by atoms with van der Waals surface area (Å²) in [5.41, 5.74) is -0.920. The lowest BCUT2D eigenvalue weighted by Gasteiger charge is -2.08. The summed E-state index contributed by atoms with van der Waals surface area (Å²) in [4.78, 5) is 24.1. The minimum Gasteiger partial charge on any atom is -0.336 e. The number of aryl methyl sites for hydroxylation is 1. The van der Waals surface area contributed by atoms with Gasteiger partial charge >= 0.3 is 5.69 Å². The number of nitrogens with one attached hydrogen (secondary N) is 1. The fraction of sp³-hybridized carbons (Fsp3) is 0.692. The minimum absolute atomic E-state index is 0.109. The third kappa shape index (κ3) is 2.33. The van der Waals surface area contributed by atoms with Crippen molar-refractivity contribution < 1.29 is 4.79 Å². The normalized spacial score (nSPS) is 19.6. The zero-order valence-electron chi connectivity index (χ0n) is 11.3. The molecule has 7 heteroatoms. The monoisotopic (exact) mass is 275 g/mol. The first-order valence-electron chi connectivity index (χ1n) is 7.02. The lowest BCUT2D eigenvalue weighted by Crippen LogP contribution is -2.40. The van der Waals surface area contributed by atoms with Gasteiger partial charge in [-0.25, -0.2) is 9.48 Å². The number of carbonyl (C=O) groups is 1. The van der Waals surface area contributed by atoms with Crippen LogP contribution >= 0.6 is 0 Å². The van der Waals surface area contributed by atoms with Gasteiger partial charge in [-0.3, -0.25) is 9.36 Å². The van der Waals surface area contributed by atoms with E-state index in [-0.39, 0.29) is 18.1 Å². The van der Waals surface area contributed by atoms with Gasteiger partial charge in [0, 0.05) is 13.0 Å². The van der Waals surface area contributed by atoms with Gasteiger partial charge in [-0.1, -0.05) is 6.42 Å². The molecule has 7 nitrogen and oxygen atoms in total. The molecule has 1 aliphatic heterocycles. The Balaban J connectivity index is 1.74. The smallest absolute Gasteiger partial charge is 0.336 e. The van der Waals surface area contributed by atoms with Crippen molar-refractivity contribution in [3.05, 3.63) is 16.3 Å². The van der Waals surface area contributed by atoms with E-state index in [9.17, 15) is 9.59 Å². The predicted molar refractivity (Wildman–Crippen MR) is 69.8 cm³/mol. The fourth-order valence-corrected chi connectivity index (χ4v) is 2.56. The molecular weight excluding hydrogens is 258 g/mol. The first-order chi connectivity index (χ1) is 9.63. The van der Waals surface area contributed by atoms with Crippen molar-refractivity contribution in [2.24, 2.45) is 0 Å². The third-order valence-corrected chi connectivity index (χ3v) is 3.92. The molecule has 0 radical (unpaired) electrons. The highest BCUT2D eigenvalue weighted by Gasteiger charge is 2.44. The maximum absolute atomic E-state index is 12.2. The molecule has 3 rings (SSSR count). The Labute approximate surface area is 116 Å². The van der Waals surface area contributed by atoms with Crippen molar-refractivity contribution in [2.45, 2.75) is 57.2 Å². The standard InChI is InChI=1S/C13H17N5O2/c14-9-13(5-6-13)15-11(19)8-18-12(20)17-7-3-1-2-4-10(17)16-18/h1-8H2,(H,15,19). The molecular formula is C13H17N5O2. The summed E-state index contributed by atoms with van der Waals surface area (Å²) in [5.74, 6) is 0.445.